The van der Waals surface area contributed by atoms with Gasteiger partial charge in [0, 0.05) is 12.5 Å². The van der Waals surface area contributed by atoms with Crippen molar-refractivity contribution < 1.29 is 18.7 Å². The molecule has 0 saturated carbocycles. The van der Waals surface area contributed by atoms with Gasteiger partial charge >= 0.3 is 5.97 Å². The molecule has 2 rings (SSSR count). The SMILES string of the molecule is CC[C@H]1OCCC(N)C(=O)O[C@@H](C)[C@@H]1Cc1ccc(F)cc1. The van der Waals surface area contributed by atoms with Crippen LogP contribution >= 0.6 is 0 Å². The summed E-state index contributed by atoms with van der Waals surface area (Å²) in [5, 5.41) is 0. The summed E-state index contributed by atoms with van der Waals surface area (Å²) < 4.78 is 24.5. The molecule has 1 saturated heterocycles. The molecule has 0 radical (unpaired) electrons. The van der Waals surface area contributed by atoms with Gasteiger partial charge in [0.05, 0.1) is 6.10 Å². The number of cyclic esters (lactones) is 1. The molecule has 0 aliphatic carbocycles. The maximum atomic E-state index is 13.0. The van der Waals surface area contributed by atoms with E-state index in [1.807, 2.05) is 6.92 Å². The summed E-state index contributed by atoms with van der Waals surface area (Å²) in [5.74, 6) is -0.617. The Balaban J connectivity index is 2.18. The smallest absolute Gasteiger partial charge is 0.323 e. The predicted octanol–water partition coefficient (Wildman–Crippen LogP) is 2.44. The van der Waals surface area contributed by atoms with E-state index in [2.05, 4.69) is 6.92 Å². The van der Waals surface area contributed by atoms with Crippen LogP contribution in [-0.4, -0.2) is 30.8 Å². The summed E-state index contributed by atoms with van der Waals surface area (Å²) >= 11 is 0. The molecule has 122 valence electrons. The molecular weight excluding hydrogens is 285 g/mol. The van der Waals surface area contributed by atoms with E-state index < -0.39 is 6.04 Å². The second-order valence-electron chi connectivity index (χ2n) is 5.85. The van der Waals surface area contributed by atoms with Gasteiger partial charge in [-0.3, -0.25) is 4.79 Å². The van der Waals surface area contributed by atoms with Crippen LogP contribution in [0.2, 0.25) is 0 Å². The summed E-state index contributed by atoms with van der Waals surface area (Å²) in [6, 6.07) is 5.77. The maximum Gasteiger partial charge on any atom is 0.323 e. The van der Waals surface area contributed by atoms with Gasteiger partial charge in [-0.15, -0.1) is 0 Å². The summed E-state index contributed by atoms with van der Waals surface area (Å²) in [6.07, 6.45) is 1.64. The van der Waals surface area contributed by atoms with Crippen molar-refractivity contribution >= 4 is 5.97 Å². The lowest BCUT2D eigenvalue weighted by Crippen LogP contribution is -2.38. The molecule has 1 heterocycles. The normalized spacial score (nSPS) is 30.1. The number of carbonyl (C=O) groups is 1. The fourth-order valence-corrected chi connectivity index (χ4v) is 2.86. The molecule has 4 nitrogen and oxygen atoms in total. The molecule has 1 fully saturated rings. The van der Waals surface area contributed by atoms with Crippen LogP contribution in [0, 0.1) is 11.7 Å². The molecule has 0 aromatic heterocycles. The maximum absolute atomic E-state index is 13.0. The van der Waals surface area contributed by atoms with E-state index in [4.69, 9.17) is 15.2 Å². The van der Waals surface area contributed by atoms with Gasteiger partial charge in [0.1, 0.15) is 18.0 Å². The fourth-order valence-electron chi connectivity index (χ4n) is 2.86. The number of halogens is 1. The summed E-state index contributed by atoms with van der Waals surface area (Å²) in [7, 11) is 0. The van der Waals surface area contributed by atoms with Gasteiger partial charge in [0.25, 0.3) is 0 Å². The number of ether oxygens (including phenoxy) is 2. The molecule has 5 heteroatoms. The number of nitrogens with two attached hydrogens (primary N) is 1. The Morgan fingerprint density at radius 1 is 1.32 bits per heavy atom. The third-order valence-corrected chi connectivity index (χ3v) is 4.23. The third-order valence-electron chi connectivity index (χ3n) is 4.23. The first-order valence-electron chi connectivity index (χ1n) is 7.83. The molecule has 0 amide bonds. The van der Waals surface area contributed by atoms with Crippen LogP contribution in [0.3, 0.4) is 0 Å². The first-order chi connectivity index (χ1) is 10.5. The number of benzene rings is 1. The standard InChI is InChI=1S/C17H24FNO3/c1-3-16-14(10-12-4-6-13(18)7-5-12)11(2)22-17(20)15(19)8-9-21-16/h4-7,11,14-16H,3,8-10,19H2,1-2H3/t11-,14-,15?,16+/m0/s1. The molecule has 0 spiro atoms. The molecule has 22 heavy (non-hydrogen) atoms. The molecule has 1 aromatic rings. The van der Waals surface area contributed by atoms with Crippen molar-refractivity contribution in [3.8, 4) is 0 Å². The second-order valence-corrected chi connectivity index (χ2v) is 5.85. The number of rotatable bonds is 3. The van der Waals surface area contributed by atoms with Crippen LogP contribution in [0.5, 0.6) is 0 Å². The highest BCUT2D eigenvalue weighted by Crippen LogP contribution is 2.25. The number of hydrogen-bond acceptors (Lipinski definition) is 4. The van der Waals surface area contributed by atoms with Crippen LogP contribution in [0.4, 0.5) is 4.39 Å². The van der Waals surface area contributed by atoms with E-state index in [9.17, 15) is 9.18 Å². The van der Waals surface area contributed by atoms with Crippen LogP contribution < -0.4 is 5.73 Å². The van der Waals surface area contributed by atoms with E-state index in [0.717, 1.165) is 12.0 Å². The topological polar surface area (TPSA) is 61.5 Å². The molecule has 4 atom stereocenters. The second kappa shape index (κ2) is 7.70. The first-order valence-corrected chi connectivity index (χ1v) is 7.83. The van der Waals surface area contributed by atoms with E-state index in [-0.39, 0.29) is 29.9 Å². The van der Waals surface area contributed by atoms with E-state index >= 15 is 0 Å². The Bertz CT molecular complexity index is 491. The molecular formula is C17H24FNO3. The average Bonchev–Trinajstić information content (AvgIpc) is 2.54. The number of esters is 1. The average molecular weight is 309 g/mol. The van der Waals surface area contributed by atoms with Crippen molar-refractivity contribution in [1.29, 1.82) is 0 Å². The van der Waals surface area contributed by atoms with E-state index in [1.165, 1.54) is 12.1 Å². The van der Waals surface area contributed by atoms with Gasteiger partial charge in [0.15, 0.2) is 0 Å². The Morgan fingerprint density at radius 2 is 2.00 bits per heavy atom. The van der Waals surface area contributed by atoms with E-state index in [1.54, 1.807) is 12.1 Å². The minimum absolute atomic E-state index is 0.0156. The number of carbonyl (C=O) groups excluding carboxylic acids is 1. The zero-order valence-corrected chi connectivity index (χ0v) is 13.1. The fraction of sp³-hybridized carbons (Fsp3) is 0.588. The lowest BCUT2D eigenvalue weighted by atomic mass is 9.88. The zero-order valence-electron chi connectivity index (χ0n) is 13.1. The first kappa shape index (κ1) is 16.9. The lowest BCUT2D eigenvalue weighted by molar-refractivity contribution is -0.153. The van der Waals surface area contributed by atoms with Crippen LogP contribution in [0.1, 0.15) is 32.3 Å². The van der Waals surface area contributed by atoms with Gasteiger partial charge in [-0.1, -0.05) is 19.1 Å². The lowest BCUT2D eigenvalue weighted by Gasteiger charge is -2.30. The quantitative estimate of drug-likeness (QED) is 0.871. The van der Waals surface area contributed by atoms with Crippen LogP contribution in [-0.2, 0) is 20.7 Å². The molecule has 0 bridgehead atoms. The van der Waals surface area contributed by atoms with Crippen molar-refractivity contribution in [1.82, 2.24) is 0 Å². The Kier molecular flexibility index (Phi) is 5.91. The van der Waals surface area contributed by atoms with Crippen molar-refractivity contribution in [3.63, 3.8) is 0 Å². The van der Waals surface area contributed by atoms with Gasteiger partial charge in [0.2, 0.25) is 0 Å². The van der Waals surface area contributed by atoms with Crippen molar-refractivity contribution in [2.45, 2.75) is 51.4 Å². The highest BCUT2D eigenvalue weighted by Gasteiger charge is 2.32. The summed E-state index contributed by atoms with van der Waals surface area (Å²) in [5.41, 5.74) is 6.78. The van der Waals surface area contributed by atoms with Crippen LogP contribution in [0.15, 0.2) is 24.3 Å². The van der Waals surface area contributed by atoms with Gasteiger partial charge in [-0.2, -0.15) is 0 Å². The monoisotopic (exact) mass is 309 g/mol. The van der Waals surface area contributed by atoms with Crippen LogP contribution in [0.25, 0.3) is 0 Å². The van der Waals surface area contributed by atoms with E-state index in [0.29, 0.717) is 19.4 Å². The Labute approximate surface area is 130 Å². The Morgan fingerprint density at radius 3 is 2.64 bits per heavy atom. The molecule has 1 aromatic carbocycles. The predicted molar refractivity (Wildman–Crippen MR) is 81.8 cm³/mol. The summed E-state index contributed by atoms with van der Waals surface area (Å²) in [6.45, 7) is 4.37. The number of hydrogen-bond donors (Lipinski definition) is 1. The van der Waals surface area contributed by atoms with Gasteiger partial charge < -0.3 is 15.2 Å². The summed E-state index contributed by atoms with van der Waals surface area (Å²) in [4.78, 5) is 11.9. The molecule has 2 N–H and O–H groups in total. The largest absolute Gasteiger partial charge is 0.461 e. The third kappa shape index (κ3) is 4.27. The van der Waals surface area contributed by atoms with Crippen molar-refractivity contribution in [2.24, 2.45) is 11.7 Å². The van der Waals surface area contributed by atoms with Gasteiger partial charge in [-0.25, -0.2) is 4.39 Å². The minimum Gasteiger partial charge on any atom is -0.461 e. The Hall–Kier alpha value is -1.46. The molecule has 1 unspecified atom stereocenters. The van der Waals surface area contributed by atoms with Crippen molar-refractivity contribution in [2.75, 3.05) is 6.61 Å². The van der Waals surface area contributed by atoms with Crippen molar-refractivity contribution in [3.05, 3.63) is 35.6 Å². The molecule has 1 aliphatic rings. The molecule has 1 aliphatic heterocycles. The van der Waals surface area contributed by atoms with Gasteiger partial charge in [-0.05, 0) is 43.9 Å². The minimum atomic E-state index is -0.635. The highest BCUT2D eigenvalue weighted by molar-refractivity contribution is 5.75. The highest BCUT2D eigenvalue weighted by atomic mass is 19.1. The zero-order chi connectivity index (χ0) is 16.1.